The topological polar surface area (TPSA) is 124 Å². The Morgan fingerprint density at radius 2 is 1.92 bits per heavy atom. The van der Waals surface area contributed by atoms with Gasteiger partial charge >= 0.3 is 0 Å². The molecule has 3 aromatic heterocycles. The van der Waals surface area contributed by atoms with Gasteiger partial charge in [0.25, 0.3) is 5.91 Å². The molecule has 0 aliphatic heterocycles. The molecule has 3 heterocycles. The van der Waals surface area contributed by atoms with Crippen molar-refractivity contribution < 1.29 is 9.53 Å². The van der Waals surface area contributed by atoms with E-state index in [9.17, 15) is 4.79 Å². The van der Waals surface area contributed by atoms with Crippen molar-refractivity contribution in [2.45, 2.75) is 0 Å². The number of anilines is 2. The van der Waals surface area contributed by atoms with Gasteiger partial charge in [-0.15, -0.1) is 0 Å². The third-order valence-electron chi connectivity index (χ3n) is 5.88. The average molecular weight is 497 g/mol. The number of H-pyrrole nitrogens is 2. The summed E-state index contributed by atoms with van der Waals surface area (Å²) in [6.07, 6.45) is 5.34. The summed E-state index contributed by atoms with van der Waals surface area (Å²) in [6, 6.07) is 15.4. The Hall–Kier alpha value is -4.70. The second-order valence-electron chi connectivity index (χ2n) is 8.80. The van der Waals surface area contributed by atoms with Crippen LogP contribution in [0.4, 0.5) is 11.5 Å². The summed E-state index contributed by atoms with van der Waals surface area (Å²) in [7, 11) is 5.63. The number of nitrogens with zero attached hydrogens (tertiary/aromatic N) is 4. The van der Waals surface area contributed by atoms with Crippen LogP contribution in [0.5, 0.6) is 5.75 Å². The molecular weight excluding hydrogens is 468 g/mol. The summed E-state index contributed by atoms with van der Waals surface area (Å²) < 4.78 is 6.14. The Morgan fingerprint density at radius 1 is 1.05 bits per heavy atom. The van der Waals surface area contributed by atoms with Crippen LogP contribution in [0.3, 0.4) is 0 Å². The van der Waals surface area contributed by atoms with Gasteiger partial charge in [-0.25, -0.2) is 9.97 Å². The molecular formula is C27H28N8O2. The van der Waals surface area contributed by atoms with Gasteiger partial charge in [-0.1, -0.05) is 18.2 Å². The van der Waals surface area contributed by atoms with E-state index in [4.69, 9.17) is 9.72 Å². The number of carbonyl (C=O) groups is 1. The van der Waals surface area contributed by atoms with Crippen LogP contribution in [0.25, 0.3) is 33.4 Å². The standard InChI is InChI=1S/C27H28N8O2/c1-28-27(36)23-12-18-4-5-19(13-22(18)32-23)26-29-9-8-25(34-26)33-21-7-6-17(20-15-30-31-16-20)14-24(21)37-11-10-35(2)3/h4-9,12-16,32H,10-11H2,1-3H3,(H,28,36)(H,30,31)(H,29,33,34). The Bertz CT molecular complexity index is 1530. The number of hydrogen-bond acceptors (Lipinski definition) is 7. The molecule has 0 spiro atoms. The first-order valence-corrected chi connectivity index (χ1v) is 11.9. The van der Waals surface area contributed by atoms with E-state index in [2.05, 4.69) is 35.7 Å². The van der Waals surface area contributed by atoms with E-state index in [0.717, 1.165) is 45.6 Å². The fourth-order valence-corrected chi connectivity index (χ4v) is 3.90. The van der Waals surface area contributed by atoms with Crippen LogP contribution >= 0.6 is 0 Å². The molecule has 5 aromatic rings. The van der Waals surface area contributed by atoms with Gasteiger partial charge in [-0.05, 0) is 50.0 Å². The molecule has 0 unspecified atom stereocenters. The first-order valence-electron chi connectivity index (χ1n) is 11.9. The predicted octanol–water partition coefficient (Wildman–Crippen LogP) is 4.06. The van der Waals surface area contributed by atoms with Gasteiger partial charge in [-0.3, -0.25) is 9.89 Å². The minimum atomic E-state index is -0.164. The maximum absolute atomic E-state index is 12.0. The van der Waals surface area contributed by atoms with Crippen LogP contribution in [-0.2, 0) is 0 Å². The Kier molecular flexibility index (Phi) is 6.82. The zero-order valence-corrected chi connectivity index (χ0v) is 20.9. The average Bonchev–Trinajstić information content (AvgIpc) is 3.59. The van der Waals surface area contributed by atoms with Crippen LogP contribution in [-0.4, -0.2) is 70.3 Å². The lowest BCUT2D eigenvalue weighted by Crippen LogP contribution is -2.19. The van der Waals surface area contributed by atoms with Crippen LogP contribution < -0.4 is 15.4 Å². The quantitative estimate of drug-likeness (QED) is 0.243. The lowest BCUT2D eigenvalue weighted by Gasteiger charge is -2.16. The van der Waals surface area contributed by atoms with Crippen LogP contribution in [0.1, 0.15) is 10.5 Å². The molecule has 0 aliphatic carbocycles. The maximum Gasteiger partial charge on any atom is 0.267 e. The van der Waals surface area contributed by atoms with E-state index in [1.54, 1.807) is 19.4 Å². The third kappa shape index (κ3) is 5.44. The zero-order valence-electron chi connectivity index (χ0n) is 20.9. The van der Waals surface area contributed by atoms with E-state index in [0.29, 0.717) is 23.9 Å². The maximum atomic E-state index is 12.0. The molecule has 0 fully saturated rings. The minimum Gasteiger partial charge on any atom is -0.490 e. The number of benzene rings is 2. The summed E-state index contributed by atoms with van der Waals surface area (Å²) in [4.78, 5) is 26.4. The molecule has 0 saturated heterocycles. The second kappa shape index (κ2) is 10.5. The molecule has 10 nitrogen and oxygen atoms in total. The van der Waals surface area contributed by atoms with Gasteiger partial charge in [0, 0.05) is 48.0 Å². The lowest BCUT2D eigenvalue weighted by molar-refractivity contribution is 0.0959. The number of nitrogens with one attached hydrogen (secondary N) is 4. The molecule has 10 heteroatoms. The highest BCUT2D eigenvalue weighted by molar-refractivity contribution is 5.98. The van der Waals surface area contributed by atoms with Crippen molar-refractivity contribution in [3.63, 3.8) is 0 Å². The van der Waals surface area contributed by atoms with Crippen LogP contribution in [0.15, 0.2) is 67.1 Å². The summed E-state index contributed by atoms with van der Waals surface area (Å²) in [5, 5.41) is 13.9. The fraction of sp³-hybridized carbons (Fsp3) is 0.185. The number of ether oxygens (including phenoxy) is 1. The number of aromatic amines is 2. The largest absolute Gasteiger partial charge is 0.490 e. The first kappa shape index (κ1) is 24.0. The summed E-state index contributed by atoms with van der Waals surface area (Å²) in [5.74, 6) is 1.75. The van der Waals surface area contributed by atoms with Gasteiger partial charge in [0.15, 0.2) is 5.82 Å². The highest BCUT2D eigenvalue weighted by atomic mass is 16.5. The number of rotatable bonds is 9. The lowest BCUT2D eigenvalue weighted by atomic mass is 10.1. The predicted molar refractivity (Wildman–Crippen MR) is 144 cm³/mol. The summed E-state index contributed by atoms with van der Waals surface area (Å²) >= 11 is 0. The van der Waals surface area contributed by atoms with Crippen molar-refractivity contribution in [1.29, 1.82) is 0 Å². The molecule has 0 saturated carbocycles. The number of aromatic nitrogens is 5. The highest BCUT2D eigenvalue weighted by Crippen LogP contribution is 2.33. The van der Waals surface area contributed by atoms with Crippen molar-refractivity contribution in [1.82, 2.24) is 35.4 Å². The van der Waals surface area contributed by atoms with E-state index in [1.165, 1.54) is 0 Å². The molecule has 4 N–H and O–H groups in total. The fourth-order valence-electron chi connectivity index (χ4n) is 3.90. The van der Waals surface area contributed by atoms with Crippen molar-refractivity contribution in [3.8, 4) is 28.3 Å². The molecule has 2 aromatic carbocycles. The first-order chi connectivity index (χ1) is 18.0. The van der Waals surface area contributed by atoms with Crippen LogP contribution in [0.2, 0.25) is 0 Å². The molecule has 0 atom stereocenters. The second-order valence-corrected chi connectivity index (χ2v) is 8.80. The van der Waals surface area contributed by atoms with Gasteiger partial charge in [0.1, 0.15) is 23.9 Å². The minimum absolute atomic E-state index is 0.164. The van der Waals surface area contributed by atoms with E-state index in [-0.39, 0.29) is 5.91 Å². The highest BCUT2D eigenvalue weighted by Gasteiger charge is 2.12. The molecule has 1 amide bonds. The smallest absolute Gasteiger partial charge is 0.267 e. The SMILES string of the molecule is CNC(=O)c1cc2ccc(-c3nccc(Nc4ccc(-c5cn[nH]c5)cc4OCCN(C)C)n3)cc2[nH]1. The summed E-state index contributed by atoms with van der Waals surface area (Å²) in [6.45, 7) is 1.33. The Balaban J connectivity index is 1.42. The number of hydrogen-bond donors (Lipinski definition) is 4. The van der Waals surface area contributed by atoms with Crippen molar-refractivity contribution in [2.24, 2.45) is 0 Å². The molecule has 0 aliphatic rings. The Morgan fingerprint density at radius 3 is 2.70 bits per heavy atom. The third-order valence-corrected chi connectivity index (χ3v) is 5.88. The van der Waals surface area contributed by atoms with E-state index in [1.807, 2.05) is 68.8 Å². The number of amides is 1. The summed E-state index contributed by atoms with van der Waals surface area (Å²) in [5.41, 5.74) is 4.95. The van der Waals surface area contributed by atoms with Gasteiger partial charge < -0.3 is 25.3 Å². The zero-order chi connectivity index (χ0) is 25.8. The van der Waals surface area contributed by atoms with Crippen molar-refractivity contribution in [3.05, 3.63) is 72.8 Å². The molecule has 37 heavy (non-hydrogen) atoms. The number of carbonyl (C=O) groups excluding carboxylic acids is 1. The van der Waals surface area contributed by atoms with Gasteiger partial charge in [0.05, 0.1) is 11.9 Å². The van der Waals surface area contributed by atoms with Crippen molar-refractivity contribution >= 4 is 28.3 Å². The molecule has 5 rings (SSSR count). The van der Waals surface area contributed by atoms with Gasteiger partial charge in [-0.2, -0.15) is 5.10 Å². The molecule has 0 bridgehead atoms. The number of likely N-dealkylation sites (N-methyl/N-ethyl adjacent to an activating group) is 1. The van der Waals surface area contributed by atoms with Gasteiger partial charge in [0.2, 0.25) is 0 Å². The van der Waals surface area contributed by atoms with Crippen molar-refractivity contribution in [2.75, 3.05) is 39.6 Å². The molecule has 188 valence electrons. The Labute approximate surface area is 214 Å². The number of fused-ring (bicyclic) bond motifs is 1. The van der Waals surface area contributed by atoms with E-state index < -0.39 is 0 Å². The normalized spacial score (nSPS) is 11.1. The monoisotopic (exact) mass is 496 g/mol. The van der Waals surface area contributed by atoms with Crippen LogP contribution in [0, 0.1) is 0 Å². The van der Waals surface area contributed by atoms with E-state index >= 15 is 0 Å². The molecule has 0 radical (unpaired) electrons.